The topological polar surface area (TPSA) is 42.1 Å². The Hall–Kier alpha value is -1.09. The summed E-state index contributed by atoms with van der Waals surface area (Å²) < 4.78 is 0. The molecule has 1 saturated carbocycles. The second-order valence-corrected chi connectivity index (χ2v) is 5.77. The van der Waals surface area contributed by atoms with Crippen LogP contribution in [0.2, 0.25) is 0 Å². The molecule has 2 rings (SSSR count). The fourth-order valence-electron chi connectivity index (χ4n) is 2.28. The molecule has 1 aromatic rings. The summed E-state index contributed by atoms with van der Waals surface area (Å²) in [5.74, 6) is 0.746. The molecule has 0 aromatic carbocycles. The van der Waals surface area contributed by atoms with E-state index < -0.39 is 0 Å². The minimum absolute atomic E-state index is 0.577. The summed E-state index contributed by atoms with van der Waals surface area (Å²) in [7, 11) is 0. The number of pyridine rings is 1. The standard InChI is InChI=1S/C15H25N3/c1-11(2)6-7-18(14-4-5-14)15-8-12(3)17-10-13(15)9-16/h8,10-11,14H,4-7,9,16H2,1-3H3. The summed E-state index contributed by atoms with van der Waals surface area (Å²) in [6.45, 7) is 8.34. The Labute approximate surface area is 110 Å². The number of nitrogens with zero attached hydrogens (tertiary/aromatic N) is 2. The van der Waals surface area contributed by atoms with Crippen LogP contribution >= 0.6 is 0 Å². The Morgan fingerprint density at radius 3 is 2.72 bits per heavy atom. The first kappa shape index (κ1) is 13.3. The SMILES string of the molecule is Cc1cc(N(CCC(C)C)C2CC2)c(CN)cn1. The van der Waals surface area contributed by atoms with Gasteiger partial charge in [0.1, 0.15) is 0 Å². The van der Waals surface area contributed by atoms with Gasteiger partial charge in [0.2, 0.25) is 0 Å². The second kappa shape index (κ2) is 5.70. The van der Waals surface area contributed by atoms with Gasteiger partial charge in [-0.3, -0.25) is 4.98 Å². The summed E-state index contributed by atoms with van der Waals surface area (Å²) in [6.07, 6.45) is 5.82. The van der Waals surface area contributed by atoms with Crippen LogP contribution in [0.1, 0.15) is 44.4 Å². The van der Waals surface area contributed by atoms with Crippen LogP contribution in [0.15, 0.2) is 12.3 Å². The fourth-order valence-corrected chi connectivity index (χ4v) is 2.28. The van der Waals surface area contributed by atoms with E-state index in [1.165, 1.54) is 30.5 Å². The molecule has 0 saturated heterocycles. The third-order valence-corrected chi connectivity index (χ3v) is 3.56. The zero-order chi connectivity index (χ0) is 13.1. The van der Waals surface area contributed by atoms with Gasteiger partial charge in [-0.2, -0.15) is 0 Å². The van der Waals surface area contributed by atoms with Crippen molar-refractivity contribution in [2.75, 3.05) is 11.4 Å². The Balaban J connectivity index is 2.21. The number of anilines is 1. The highest BCUT2D eigenvalue weighted by Crippen LogP contribution is 2.34. The van der Waals surface area contributed by atoms with Gasteiger partial charge in [-0.15, -0.1) is 0 Å². The highest BCUT2D eigenvalue weighted by molar-refractivity contribution is 5.55. The molecule has 0 radical (unpaired) electrons. The van der Waals surface area contributed by atoms with Crippen molar-refractivity contribution in [1.29, 1.82) is 0 Å². The number of aryl methyl sites for hydroxylation is 1. The number of rotatable bonds is 6. The molecule has 2 N–H and O–H groups in total. The average molecular weight is 247 g/mol. The van der Waals surface area contributed by atoms with Gasteiger partial charge in [-0.1, -0.05) is 13.8 Å². The Morgan fingerprint density at radius 1 is 1.44 bits per heavy atom. The van der Waals surface area contributed by atoms with Crippen LogP contribution in [0.5, 0.6) is 0 Å². The minimum Gasteiger partial charge on any atom is -0.368 e. The first-order valence-electron chi connectivity index (χ1n) is 7.04. The van der Waals surface area contributed by atoms with Gasteiger partial charge < -0.3 is 10.6 Å². The molecule has 1 heterocycles. The van der Waals surface area contributed by atoms with E-state index in [1.54, 1.807) is 0 Å². The lowest BCUT2D eigenvalue weighted by Gasteiger charge is -2.28. The molecule has 0 spiro atoms. The van der Waals surface area contributed by atoms with E-state index in [4.69, 9.17) is 5.73 Å². The molecule has 1 fully saturated rings. The van der Waals surface area contributed by atoms with E-state index in [1.807, 2.05) is 6.20 Å². The third kappa shape index (κ3) is 3.22. The smallest absolute Gasteiger partial charge is 0.0447 e. The fraction of sp³-hybridized carbons (Fsp3) is 0.667. The molecule has 0 amide bonds. The largest absolute Gasteiger partial charge is 0.368 e. The van der Waals surface area contributed by atoms with Crippen molar-refractivity contribution in [3.63, 3.8) is 0 Å². The van der Waals surface area contributed by atoms with Crippen molar-refractivity contribution in [1.82, 2.24) is 4.98 Å². The average Bonchev–Trinajstić information content (AvgIpc) is 3.14. The van der Waals surface area contributed by atoms with Crippen molar-refractivity contribution in [2.24, 2.45) is 11.7 Å². The van der Waals surface area contributed by atoms with Gasteiger partial charge in [-0.25, -0.2) is 0 Å². The molecule has 100 valence electrons. The minimum atomic E-state index is 0.577. The van der Waals surface area contributed by atoms with Gasteiger partial charge in [0.05, 0.1) is 0 Å². The molecule has 1 aliphatic carbocycles. The van der Waals surface area contributed by atoms with Crippen molar-refractivity contribution in [2.45, 2.75) is 52.6 Å². The lowest BCUT2D eigenvalue weighted by Crippen LogP contribution is -2.29. The van der Waals surface area contributed by atoms with Crippen LogP contribution in [0.4, 0.5) is 5.69 Å². The van der Waals surface area contributed by atoms with Crippen molar-refractivity contribution >= 4 is 5.69 Å². The molecule has 18 heavy (non-hydrogen) atoms. The maximum Gasteiger partial charge on any atom is 0.0447 e. The first-order valence-corrected chi connectivity index (χ1v) is 7.04. The lowest BCUT2D eigenvalue weighted by molar-refractivity contribution is 0.570. The molecule has 0 aliphatic heterocycles. The van der Waals surface area contributed by atoms with Gasteiger partial charge in [0, 0.05) is 42.3 Å². The lowest BCUT2D eigenvalue weighted by atomic mass is 10.1. The zero-order valence-electron chi connectivity index (χ0n) is 11.8. The van der Waals surface area contributed by atoms with Gasteiger partial charge in [0.15, 0.2) is 0 Å². The van der Waals surface area contributed by atoms with E-state index in [2.05, 4.69) is 36.7 Å². The summed E-state index contributed by atoms with van der Waals surface area (Å²) in [5, 5.41) is 0. The summed E-state index contributed by atoms with van der Waals surface area (Å²) in [5.41, 5.74) is 9.42. The van der Waals surface area contributed by atoms with Crippen LogP contribution < -0.4 is 10.6 Å². The van der Waals surface area contributed by atoms with Crippen LogP contribution in [0.3, 0.4) is 0 Å². The third-order valence-electron chi connectivity index (χ3n) is 3.56. The van der Waals surface area contributed by atoms with Crippen molar-refractivity contribution < 1.29 is 0 Å². The summed E-state index contributed by atoms with van der Waals surface area (Å²) in [4.78, 5) is 6.91. The molecular weight excluding hydrogens is 222 g/mol. The Morgan fingerprint density at radius 2 is 2.17 bits per heavy atom. The normalized spacial score (nSPS) is 15.2. The van der Waals surface area contributed by atoms with E-state index in [-0.39, 0.29) is 0 Å². The van der Waals surface area contributed by atoms with Gasteiger partial charge in [0.25, 0.3) is 0 Å². The highest BCUT2D eigenvalue weighted by atomic mass is 15.2. The van der Waals surface area contributed by atoms with Crippen LogP contribution in [-0.2, 0) is 6.54 Å². The van der Waals surface area contributed by atoms with Crippen LogP contribution in [0, 0.1) is 12.8 Å². The van der Waals surface area contributed by atoms with Crippen molar-refractivity contribution in [3.05, 3.63) is 23.5 Å². The van der Waals surface area contributed by atoms with Gasteiger partial charge in [-0.05, 0) is 38.2 Å². The van der Waals surface area contributed by atoms with E-state index in [0.717, 1.165) is 24.2 Å². The predicted molar refractivity (Wildman–Crippen MR) is 76.7 cm³/mol. The van der Waals surface area contributed by atoms with Crippen LogP contribution in [0.25, 0.3) is 0 Å². The Kier molecular flexibility index (Phi) is 4.23. The summed E-state index contributed by atoms with van der Waals surface area (Å²) >= 11 is 0. The zero-order valence-corrected chi connectivity index (χ0v) is 11.8. The van der Waals surface area contributed by atoms with E-state index in [9.17, 15) is 0 Å². The number of nitrogens with two attached hydrogens (primary N) is 1. The number of hydrogen-bond donors (Lipinski definition) is 1. The molecule has 3 nitrogen and oxygen atoms in total. The molecular formula is C15H25N3. The Bertz CT molecular complexity index is 397. The molecule has 0 unspecified atom stereocenters. The molecule has 0 atom stereocenters. The molecule has 1 aliphatic rings. The molecule has 3 heteroatoms. The van der Waals surface area contributed by atoms with E-state index >= 15 is 0 Å². The van der Waals surface area contributed by atoms with Crippen molar-refractivity contribution in [3.8, 4) is 0 Å². The first-order chi connectivity index (χ1) is 8.61. The number of aromatic nitrogens is 1. The quantitative estimate of drug-likeness (QED) is 0.840. The van der Waals surface area contributed by atoms with E-state index in [0.29, 0.717) is 6.54 Å². The maximum absolute atomic E-state index is 5.85. The predicted octanol–water partition coefficient (Wildman–Crippen LogP) is 2.86. The monoisotopic (exact) mass is 247 g/mol. The molecule has 1 aromatic heterocycles. The maximum atomic E-state index is 5.85. The number of hydrogen-bond acceptors (Lipinski definition) is 3. The van der Waals surface area contributed by atoms with Gasteiger partial charge >= 0.3 is 0 Å². The highest BCUT2D eigenvalue weighted by Gasteiger charge is 2.30. The second-order valence-electron chi connectivity index (χ2n) is 5.77. The van der Waals surface area contributed by atoms with Crippen LogP contribution in [-0.4, -0.2) is 17.6 Å². The molecule has 0 bridgehead atoms. The summed E-state index contributed by atoms with van der Waals surface area (Å²) in [6, 6.07) is 2.93.